The summed E-state index contributed by atoms with van der Waals surface area (Å²) in [4.78, 5) is 70.9. The van der Waals surface area contributed by atoms with E-state index in [9.17, 15) is 24.0 Å². The van der Waals surface area contributed by atoms with Gasteiger partial charge in [0.25, 0.3) is 0 Å². The highest BCUT2D eigenvalue weighted by Crippen LogP contribution is 2.31. The maximum atomic E-state index is 15.0. The summed E-state index contributed by atoms with van der Waals surface area (Å²) in [5.74, 6) is -1.58. The van der Waals surface area contributed by atoms with E-state index in [4.69, 9.17) is 9.47 Å². The molecule has 4 aromatic carbocycles. The molecule has 12 heteroatoms. The number of hydrogen-bond donors (Lipinski definition) is 3. The van der Waals surface area contributed by atoms with Gasteiger partial charge >= 0.3 is 12.1 Å². The quantitative estimate of drug-likeness (QED) is 0.138. The molecule has 59 heavy (non-hydrogen) atoms. The molecule has 0 saturated heterocycles. The fourth-order valence-corrected chi connectivity index (χ4v) is 7.60. The van der Waals surface area contributed by atoms with Gasteiger partial charge in [0.15, 0.2) is 0 Å². The molecule has 0 unspecified atom stereocenters. The highest BCUT2D eigenvalue weighted by Gasteiger charge is 2.40. The summed E-state index contributed by atoms with van der Waals surface area (Å²) in [7, 11) is 2.83. The predicted octanol–water partition coefficient (Wildman–Crippen LogP) is 6.52. The Bertz CT molecular complexity index is 2150. The number of nitrogens with zero attached hydrogens (tertiary/aromatic N) is 2. The molecule has 1 aliphatic carbocycles. The number of carbonyl (C=O) groups excluding carboxylic acids is 5. The van der Waals surface area contributed by atoms with Crippen molar-refractivity contribution in [1.82, 2.24) is 20.4 Å². The predicted molar refractivity (Wildman–Crippen MR) is 225 cm³/mol. The maximum Gasteiger partial charge on any atom is 0.410 e. The average Bonchev–Trinajstić information content (AvgIpc) is 3.24. The van der Waals surface area contributed by atoms with E-state index in [0.717, 1.165) is 52.8 Å². The minimum Gasteiger partial charge on any atom is -0.465 e. The van der Waals surface area contributed by atoms with Crippen LogP contribution in [0.25, 0.3) is 0 Å². The second kappa shape index (κ2) is 18.6. The van der Waals surface area contributed by atoms with Gasteiger partial charge in [-0.2, -0.15) is 0 Å². The zero-order valence-electron chi connectivity index (χ0n) is 34.7. The minimum absolute atomic E-state index is 0.130. The van der Waals surface area contributed by atoms with Crippen LogP contribution in [0.3, 0.4) is 0 Å². The van der Waals surface area contributed by atoms with E-state index in [1.54, 1.807) is 44.7 Å². The molecule has 6 rings (SSSR count). The first kappa shape index (κ1) is 42.4. The van der Waals surface area contributed by atoms with E-state index in [1.807, 2.05) is 72.8 Å². The molecule has 4 amide bonds. The van der Waals surface area contributed by atoms with Crippen molar-refractivity contribution in [3.8, 4) is 0 Å². The molecule has 0 bridgehead atoms. The van der Waals surface area contributed by atoms with Gasteiger partial charge in [-0.1, -0.05) is 72.8 Å². The summed E-state index contributed by atoms with van der Waals surface area (Å²) >= 11 is 0. The molecule has 3 N–H and O–H groups in total. The van der Waals surface area contributed by atoms with Gasteiger partial charge in [0.1, 0.15) is 23.7 Å². The van der Waals surface area contributed by atoms with Crippen LogP contribution in [-0.2, 0) is 56.2 Å². The largest absolute Gasteiger partial charge is 0.465 e. The van der Waals surface area contributed by atoms with Gasteiger partial charge < -0.3 is 30.3 Å². The van der Waals surface area contributed by atoms with Crippen molar-refractivity contribution in [1.29, 1.82) is 0 Å². The lowest BCUT2D eigenvalue weighted by atomic mass is 9.87. The monoisotopic (exact) mass is 801 g/mol. The van der Waals surface area contributed by atoms with Crippen LogP contribution >= 0.6 is 0 Å². The van der Waals surface area contributed by atoms with Gasteiger partial charge in [-0.05, 0) is 105 Å². The highest BCUT2D eigenvalue weighted by atomic mass is 16.6. The molecule has 1 aliphatic heterocycles. The highest BCUT2D eigenvalue weighted by molar-refractivity contribution is 5.94. The Morgan fingerprint density at radius 2 is 1.49 bits per heavy atom. The van der Waals surface area contributed by atoms with Crippen molar-refractivity contribution in [3.05, 3.63) is 136 Å². The smallest absolute Gasteiger partial charge is 0.410 e. The number of hydrogen-bond acceptors (Lipinski definition) is 8. The topological polar surface area (TPSA) is 146 Å². The first-order chi connectivity index (χ1) is 28.2. The van der Waals surface area contributed by atoms with E-state index < -0.39 is 47.6 Å². The van der Waals surface area contributed by atoms with E-state index in [-0.39, 0.29) is 24.9 Å². The summed E-state index contributed by atoms with van der Waals surface area (Å²) < 4.78 is 10.3. The van der Waals surface area contributed by atoms with Gasteiger partial charge in [-0.15, -0.1) is 0 Å². The average molecular weight is 802 g/mol. The van der Waals surface area contributed by atoms with E-state index in [0.29, 0.717) is 18.5 Å². The standard InChI is InChI=1S/C47H55N5O7/c1-30(51(5)46(57)59-47(2,3)4)42(53)50-40(26-31-20-24-37(25-21-31)48-28-32-18-22-34(23-19-32)45(56)58-6)44(55)52-29-36-14-8-7-13-35(36)27-41(52)43(54)49-39-17-11-15-33-12-9-10-16-38(33)39/h7-10,12-14,16,18-25,30,39-41,48H,11,15,17,26-29H2,1-6H3,(H,49,54)(H,50,53)/t30-,39+,40-,41-/m0/s1. The summed E-state index contributed by atoms with van der Waals surface area (Å²) in [5.41, 5.74) is 6.53. The summed E-state index contributed by atoms with van der Waals surface area (Å²) in [5, 5.41) is 9.62. The molecule has 0 aromatic heterocycles. The summed E-state index contributed by atoms with van der Waals surface area (Å²) in [6.45, 7) is 7.53. The number of nitrogens with one attached hydrogen (secondary N) is 3. The molecule has 4 atom stereocenters. The maximum absolute atomic E-state index is 15.0. The van der Waals surface area contributed by atoms with Gasteiger partial charge in [-0.3, -0.25) is 19.3 Å². The third kappa shape index (κ3) is 10.7. The van der Waals surface area contributed by atoms with Crippen molar-refractivity contribution < 1.29 is 33.4 Å². The number of carbonyl (C=O) groups is 5. The molecule has 0 spiro atoms. The number of fused-ring (bicyclic) bond motifs is 2. The molecule has 0 fully saturated rings. The Balaban J connectivity index is 1.24. The second-order valence-corrected chi connectivity index (χ2v) is 16.4. The Morgan fingerprint density at radius 3 is 2.17 bits per heavy atom. The van der Waals surface area contributed by atoms with Crippen LogP contribution in [0.4, 0.5) is 10.5 Å². The first-order valence-electron chi connectivity index (χ1n) is 20.2. The van der Waals surface area contributed by atoms with Gasteiger partial charge in [0.05, 0.1) is 18.7 Å². The summed E-state index contributed by atoms with van der Waals surface area (Å²) in [6.07, 6.45) is 2.49. The molecule has 1 heterocycles. The fraction of sp³-hybridized carbons (Fsp3) is 0.383. The molecule has 4 aromatic rings. The second-order valence-electron chi connectivity index (χ2n) is 16.4. The Hall–Kier alpha value is -6.17. The number of aryl methyl sites for hydroxylation is 1. The minimum atomic E-state index is -1.07. The van der Waals surface area contributed by atoms with Crippen molar-refractivity contribution >= 4 is 35.5 Å². The Labute approximate surface area is 346 Å². The van der Waals surface area contributed by atoms with Crippen LogP contribution < -0.4 is 16.0 Å². The van der Waals surface area contributed by atoms with E-state index in [2.05, 4.69) is 28.1 Å². The van der Waals surface area contributed by atoms with Gasteiger partial charge in [0, 0.05) is 38.7 Å². The van der Waals surface area contributed by atoms with Crippen molar-refractivity contribution in [2.45, 2.75) is 103 Å². The van der Waals surface area contributed by atoms with E-state index >= 15 is 0 Å². The number of esters is 1. The van der Waals surface area contributed by atoms with Crippen LogP contribution in [0, 0.1) is 0 Å². The summed E-state index contributed by atoms with van der Waals surface area (Å²) in [6, 6.07) is 27.7. The van der Waals surface area contributed by atoms with Gasteiger partial charge in [-0.25, -0.2) is 9.59 Å². The van der Waals surface area contributed by atoms with Crippen LogP contribution in [0.1, 0.15) is 90.3 Å². The van der Waals surface area contributed by atoms with Crippen LogP contribution in [0.2, 0.25) is 0 Å². The van der Waals surface area contributed by atoms with Gasteiger partial charge in [0.2, 0.25) is 17.7 Å². The molecule has 0 saturated carbocycles. The molecular formula is C47H55N5O7. The normalized spacial score (nSPS) is 16.9. The lowest BCUT2D eigenvalue weighted by Gasteiger charge is -2.39. The van der Waals surface area contributed by atoms with E-state index in [1.165, 1.54) is 24.6 Å². The third-order valence-electron chi connectivity index (χ3n) is 11.0. The number of ether oxygens (including phenoxy) is 2. The molecule has 0 radical (unpaired) electrons. The molecular weight excluding hydrogens is 747 g/mol. The van der Waals surface area contributed by atoms with Crippen LogP contribution in [-0.4, -0.2) is 77.5 Å². The molecule has 310 valence electrons. The van der Waals surface area contributed by atoms with Crippen molar-refractivity contribution in [2.75, 3.05) is 19.5 Å². The zero-order valence-corrected chi connectivity index (χ0v) is 34.7. The SMILES string of the molecule is COC(=O)c1ccc(CNc2ccc(C[C@H](NC(=O)[C@H](C)N(C)C(=O)OC(C)(C)C)C(=O)N3Cc4ccccc4C[C@H]3C(=O)N[C@@H]3CCCc4ccccc43)cc2)cc1. The molecule has 12 nitrogen and oxygen atoms in total. The number of anilines is 1. The fourth-order valence-electron chi connectivity index (χ4n) is 7.60. The van der Waals surface area contributed by atoms with Crippen LogP contribution in [0.15, 0.2) is 97.1 Å². The zero-order chi connectivity index (χ0) is 42.3. The number of methoxy groups -OCH3 is 1. The van der Waals surface area contributed by atoms with Crippen molar-refractivity contribution in [2.24, 2.45) is 0 Å². The van der Waals surface area contributed by atoms with Crippen molar-refractivity contribution in [3.63, 3.8) is 0 Å². The Kier molecular flexibility index (Phi) is 13.4. The van der Waals surface area contributed by atoms with Crippen LogP contribution in [0.5, 0.6) is 0 Å². The Morgan fingerprint density at radius 1 is 0.847 bits per heavy atom. The first-order valence-corrected chi connectivity index (χ1v) is 20.2. The number of rotatable bonds is 12. The number of amides is 4. The third-order valence-corrected chi connectivity index (χ3v) is 11.0. The lowest BCUT2D eigenvalue weighted by molar-refractivity contribution is -0.145. The molecule has 2 aliphatic rings. The number of likely N-dealkylation sites (N-methyl/N-ethyl adjacent to an activating group) is 1. The lowest BCUT2D eigenvalue weighted by Crippen LogP contribution is -2.60. The number of benzene rings is 4.